The third kappa shape index (κ3) is 47.2. The minimum absolute atomic E-state index is 0.104. The third-order valence-corrected chi connectivity index (χ3v) is 10.1. The lowest BCUT2D eigenvalue weighted by molar-refractivity contribution is -0.167. The Kier molecular flexibility index (Phi) is 46.0. The molecular formula is C55H90O6. The van der Waals surface area contributed by atoms with Crippen molar-refractivity contribution in [3.05, 3.63) is 97.2 Å². The lowest BCUT2D eigenvalue weighted by Gasteiger charge is -2.18. The summed E-state index contributed by atoms with van der Waals surface area (Å²) in [7, 11) is 0. The van der Waals surface area contributed by atoms with Crippen LogP contribution < -0.4 is 0 Å². The molecule has 0 aromatic carbocycles. The molecule has 0 aliphatic heterocycles. The van der Waals surface area contributed by atoms with E-state index in [1.807, 2.05) is 0 Å². The van der Waals surface area contributed by atoms with Gasteiger partial charge in [0.15, 0.2) is 6.10 Å². The van der Waals surface area contributed by atoms with E-state index in [-0.39, 0.29) is 37.5 Å². The second-order valence-corrected chi connectivity index (χ2v) is 16.0. The van der Waals surface area contributed by atoms with Crippen LogP contribution in [0.2, 0.25) is 0 Å². The number of allylic oxidation sites excluding steroid dienone is 16. The maximum Gasteiger partial charge on any atom is 0.306 e. The largest absolute Gasteiger partial charge is 0.462 e. The van der Waals surface area contributed by atoms with Crippen molar-refractivity contribution in [2.45, 2.75) is 219 Å². The van der Waals surface area contributed by atoms with E-state index in [2.05, 4.69) is 118 Å². The van der Waals surface area contributed by atoms with Crippen molar-refractivity contribution < 1.29 is 28.6 Å². The Labute approximate surface area is 375 Å². The summed E-state index contributed by atoms with van der Waals surface area (Å²) in [6, 6.07) is 0. The van der Waals surface area contributed by atoms with E-state index >= 15 is 0 Å². The number of hydrogen-bond donors (Lipinski definition) is 0. The summed E-state index contributed by atoms with van der Waals surface area (Å²) < 4.78 is 16.7. The fraction of sp³-hybridized carbons (Fsp3) is 0.655. The predicted octanol–water partition coefficient (Wildman–Crippen LogP) is 16.2. The number of carbonyl (C=O) groups excluding carboxylic acids is 3. The first-order valence-corrected chi connectivity index (χ1v) is 24.7. The molecule has 0 amide bonds. The van der Waals surface area contributed by atoms with Crippen LogP contribution in [0.4, 0.5) is 0 Å². The molecule has 61 heavy (non-hydrogen) atoms. The molecule has 0 heterocycles. The fourth-order valence-corrected chi connectivity index (χ4v) is 6.39. The van der Waals surface area contributed by atoms with Gasteiger partial charge in [-0.3, -0.25) is 14.4 Å². The minimum atomic E-state index is -0.807. The molecular weight excluding hydrogens is 757 g/mol. The first-order valence-electron chi connectivity index (χ1n) is 24.7. The SMILES string of the molecule is CC/C=C\C/C=C\C/C=C\C/C=C\C/C=C\CCCC(=O)OCC(COC(=O)CCCCCCC/C=C\CCCCC)OC(=O)CCCCCCCCC/C=C\C/C=C\CC. The van der Waals surface area contributed by atoms with Crippen LogP contribution in [0.1, 0.15) is 213 Å². The Morgan fingerprint density at radius 3 is 1.08 bits per heavy atom. The second-order valence-electron chi connectivity index (χ2n) is 16.0. The Bertz CT molecular complexity index is 1250. The highest BCUT2D eigenvalue weighted by molar-refractivity contribution is 5.71. The van der Waals surface area contributed by atoms with Gasteiger partial charge in [0.1, 0.15) is 13.2 Å². The van der Waals surface area contributed by atoms with Gasteiger partial charge in [-0.2, -0.15) is 0 Å². The monoisotopic (exact) mass is 847 g/mol. The molecule has 6 heteroatoms. The number of rotatable bonds is 43. The highest BCUT2D eigenvalue weighted by Gasteiger charge is 2.19. The van der Waals surface area contributed by atoms with E-state index < -0.39 is 6.10 Å². The van der Waals surface area contributed by atoms with Crippen molar-refractivity contribution in [2.24, 2.45) is 0 Å². The molecule has 0 radical (unpaired) electrons. The zero-order valence-corrected chi connectivity index (χ0v) is 39.4. The zero-order chi connectivity index (χ0) is 44.4. The van der Waals surface area contributed by atoms with Crippen LogP contribution in [0.5, 0.6) is 0 Å². The molecule has 0 fully saturated rings. The van der Waals surface area contributed by atoms with Crippen LogP contribution in [0, 0.1) is 0 Å². The number of esters is 3. The number of carbonyl (C=O) groups is 3. The van der Waals surface area contributed by atoms with Crippen LogP contribution in [-0.2, 0) is 28.6 Å². The maximum atomic E-state index is 12.8. The van der Waals surface area contributed by atoms with Gasteiger partial charge in [-0.15, -0.1) is 0 Å². The number of hydrogen-bond acceptors (Lipinski definition) is 6. The van der Waals surface area contributed by atoms with Gasteiger partial charge in [-0.25, -0.2) is 0 Å². The van der Waals surface area contributed by atoms with E-state index in [1.54, 1.807) is 0 Å². The van der Waals surface area contributed by atoms with Gasteiger partial charge in [0, 0.05) is 19.3 Å². The molecule has 0 saturated carbocycles. The van der Waals surface area contributed by atoms with Crippen molar-refractivity contribution in [3.63, 3.8) is 0 Å². The van der Waals surface area contributed by atoms with E-state index in [0.717, 1.165) is 109 Å². The average molecular weight is 847 g/mol. The Hall–Kier alpha value is -3.67. The van der Waals surface area contributed by atoms with Crippen LogP contribution in [0.15, 0.2) is 97.2 Å². The van der Waals surface area contributed by atoms with Crippen molar-refractivity contribution in [1.82, 2.24) is 0 Å². The third-order valence-electron chi connectivity index (χ3n) is 10.1. The molecule has 0 saturated heterocycles. The first kappa shape index (κ1) is 57.3. The second kappa shape index (κ2) is 49.0. The van der Waals surface area contributed by atoms with E-state index in [0.29, 0.717) is 19.3 Å². The molecule has 0 aliphatic rings. The van der Waals surface area contributed by atoms with Gasteiger partial charge in [0.25, 0.3) is 0 Å². The molecule has 0 spiro atoms. The molecule has 0 bridgehead atoms. The predicted molar refractivity (Wildman–Crippen MR) is 260 cm³/mol. The Morgan fingerprint density at radius 1 is 0.344 bits per heavy atom. The lowest BCUT2D eigenvalue weighted by Crippen LogP contribution is -2.30. The summed E-state index contributed by atoms with van der Waals surface area (Å²) in [5.41, 5.74) is 0. The topological polar surface area (TPSA) is 78.9 Å². The van der Waals surface area contributed by atoms with Gasteiger partial charge in [-0.1, -0.05) is 182 Å². The standard InChI is InChI=1S/C55H90O6/c1-4-7-10-13-16-19-22-25-27-28-29-31-33-36-39-42-45-48-54(57)60-51-52(50-59-53(56)47-44-41-38-35-32-24-21-18-15-12-9-6-3)61-55(58)49-46-43-40-37-34-30-26-23-20-17-14-11-8-5-2/h7-8,10-11,16-21,25,27,29,31,36,39,52H,4-6,9,12-15,22-24,26,28,30,32-35,37-38,40-51H2,1-3H3/b10-7-,11-8-,19-16-,20-17-,21-18-,27-25-,31-29-,39-36-. The van der Waals surface area contributed by atoms with Gasteiger partial charge < -0.3 is 14.2 Å². The summed E-state index contributed by atoms with van der Waals surface area (Å²) in [5, 5.41) is 0. The molecule has 0 aromatic heterocycles. The van der Waals surface area contributed by atoms with Crippen molar-refractivity contribution in [1.29, 1.82) is 0 Å². The highest BCUT2D eigenvalue weighted by atomic mass is 16.6. The summed E-state index contributed by atoms with van der Waals surface area (Å²) in [6.07, 6.45) is 63.9. The normalized spacial score (nSPS) is 12.9. The summed E-state index contributed by atoms with van der Waals surface area (Å²) in [6.45, 7) is 6.31. The molecule has 346 valence electrons. The maximum absolute atomic E-state index is 12.8. The number of unbranched alkanes of at least 4 members (excludes halogenated alkanes) is 16. The Balaban J connectivity index is 4.50. The molecule has 0 aliphatic carbocycles. The van der Waals surface area contributed by atoms with E-state index in [9.17, 15) is 14.4 Å². The van der Waals surface area contributed by atoms with Crippen molar-refractivity contribution in [2.75, 3.05) is 13.2 Å². The molecule has 0 N–H and O–H groups in total. The molecule has 1 atom stereocenters. The molecule has 0 aromatic rings. The summed E-state index contributed by atoms with van der Waals surface area (Å²) in [5.74, 6) is -0.988. The molecule has 0 rings (SSSR count). The van der Waals surface area contributed by atoms with Crippen molar-refractivity contribution >= 4 is 17.9 Å². The van der Waals surface area contributed by atoms with Crippen LogP contribution in [0.25, 0.3) is 0 Å². The van der Waals surface area contributed by atoms with Gasteiger partial charge >= 0.3 is 17.9 Å². The van der Waals surface area contributed by atoms with Gasteiger partial charge in [0.05, 0.1) is 0 Å². The van der Waals surface area contributed by atoms with E-state index in [4.69, 9.17) is 14.2 Å². The number of ether oxygens (including phenoxy) is 3. The smallest absolute Gasteiger partial charge is 0.306 e. The van der Waals surface area contributed by atoms with Gasteiger partial charge in [-0.05, 0) is 109 Å². The average Bonchev–Trinajstić information content (AvgIpc) is 3.26. The van der Waals surface area contributed by atoms with Crippen LogP contribution >= 0.6 is 0 Å². The minimum Gasteiger partial charge on any atom is -0.462 e. The first-order chi connectivity index (χ1) is 30.0. The van der Waals surface area contributed by atoms with Gasteiger partial charge in [0.2, 0.25) is 0 Å². The lowest BCUT2D eigenvalue weighted by atomic mass is 10.1. The summed E-state index contributed by atoms with van der Waals surface area (Å²) in [4.78, 5) is 37.9. The fourth-order valence-electron chi connectivity index (χ4n) is 6.39. The molecule has 1 unspecified atom stereocenters. The van der Waals surface area contributed by atoms with Crippen molar-refractivity contribution in [3.8, 4) is 0 Å². The quantitative estimate of drug-likeness (QED) is 0.0263. The Morgan fingerprint density at radius 2 is 0.656 bits per heavy atom. The highest BCUT2D eigenvalue weighted by Crippen LogP contribution is 2.13. The van der Waals surface area contributed by atoms with Crippen LogP contribution in [-0.4, -0.2) is 37.2 Å². The summed E-state index contributed by atoms with van der Waals surface area (Å²) >= 11 is 0. The zero-order valence-electron chi connectivity index (χ0n) is 39.4. The molecule has 6 nitrogen and oxygen atoms in total. The van der Waals surface area contributed by atoms with Crippen LogP contribution in [0.3, 0.4) is 0 Å². The van der Waals surface area contributed by atoms with E-state index in [1.165, 1.54) is 57.8 Å².